The maximum absolute atomic E-state index is 12.5. The van der Waals surface area contributed by atoms with Crippen LogP contribution >= 0.6 is 11.3 Å². The van der Waals surface area contributed by atoms with Gasteiger partial charge in [-0.15, -0.1) is 11.3 Å². The van der Waals surface area contributed by atoms with Crippen LogP contribution in [0.25, 0.3) is 0 Å². The number of thiazole rings is 1. The Morgan fingerprint density at radius 3 is 2.19 bits per heavy atom. The zero-order valence-corrected chi connectivity index (χ0v) is 12.8. The van der Waals surface area contributed by atoms with Crippen LogP contribution in [0.1, 0.15) is 47.6 Å². The quantitative estimate of drug-likeness (QED) is 0.870. The predicted octanol–water partition coefficient (Wildman–Crippen LogP) is 4.88. The Balaban J connectivity index is 2.07. The summed E-state index contributed by atoms with van der Waals surface area (Å²) in [6.45, 7) is 5.92. The van der Waals surface area contributed by atoms with Crippen molar-refractivity contribution in [3.05, 3.63) is 51.5 Å². The molecule has 0 saturated carbocycles. The fraction of sp³-hybridized carbons (Fsp3) is 0.400. The number of aryl methyl sites for hydroxylation is 1. The van der Waals surface area contributed by atoms with Crippen molar-refractivity contribution < 1.29 is 13.2 Å². The third-order valence-corrected chi connectivity index (χ3v) is 4.53. The Morgan fingerprint density at radius 2 is 1.71 bits per heavy atom. The number of alkyl halides is 3. The van der Waals surface area contributed by atoms with E-state index in [4.69, 9.17) is 0 Å². The highest BCUT2D eigenvalue weighted by Gasteiger charge is 2.30. The lowest BCUT2D eigenvalue weighted by Crippen LogP contribution is -2.22. The molecule has 0 aliphatic rings. The molecular weight excluding hydrogens is 297 g/mol. The first-order valence-corrected chi connectivity index (χ1v) is 7.50. The summed E-state index contributed by atoms with van der Waals surface area (Å²) in [6, 6.07) is 5.35. The van der Waals surface area contributed by atoms with E-state index in [0.717, 1.165) is 28.3 Å². The van der Waals surface area contributed by atoms with E-state index in [2.05, 4.69) is 10.3 Å². The standard InChI is InChI=1S/C15H17F3N2S/c1-9(20-11(3)14-10(2)19-8-21-14)12-4-6-13(7-5-12)15(16,17)18/h4-9,11,20H,1-3H3. The Kier molecular flexibility index (Phi) is 4.68. The highest BCUT2D eigenvalue weighted by atomic mass is 32.1. The molecule has 114 valence electrons. The summed E-state index contributed by atoms with van der Waals surface area (Å²) in [6.07, 6.45) is -4.29. The van der Waals surface area contributed by atoms with Crippen LogP contribution < -0.4 is 5.32 Å². The van der Waals surface area contributed by atoms with Crippen LogP contribution in [-0.4, -0.2) is 4.98 Å². The van der Waals surface area contributed by atoms with E-state index >= 15 is 0 Å². The minimum atomic E-state index is -4.29. The van der Waals surface area contributed by atoms with Gasteiger partial charge in [-0.05, 0) is 38.5 Å². The highest BCUT2D eigenvalue weighted by Crippen LogP contribution is 2.30. The van der Waals surface area contributed by atoms with E-state index in [-0.39, 0.29) is 12.1 Å². The third kappa shape index (κ3) is 3.83. The Labute approximate surface area is 126 Å². The van der Waals surface area contributed by atoms with Gasteiger partial charge in [-0.25, -0.2) is 4.98 Å². The van der Waals surface area contributed by atoms with Crippen molar-refractivity contribution in [1.29, 1.82) is 0 Å². The number of aromatic nitrogens is 1. The normalized spacial score (nSPS) is 15.0. The van der Waals surface area contributed by atoms with Gasteiger partial charge in [-0.1, -0.05) is 12.1 Å². The Hall–Kier alpha value is -1.40. The summed E-state index contributed by atoms with van der Waals surface area (Å²) in [7, 11) is 0. The lowest BCUT2D eigenvalue weighted by molar-refractivity contribution is -0.137. The summed E-state index contributed by atoms with van der Waals surface area (Å²) in [5.74, 6) is 0. The van der Waals surface area contributed by atoms with Crippen LogP contribution in [-0.2, 0) is 6.18 Å². The van der Waals surface area contributed by atoms with Crippen molar-refractivity contribution in [3.8, 4) is 0 Å². The molecule has 0 saturated heterocycles. The van der Waals surface area contributed by atoms with Gasteiger partial charge in [0.05, 0.1) is 16.8 Å². The van der Waals surface area contributed by atoms with Crippen molar-refractivity contribution in [2.24, 2.45) is 0 Å². The minimum Gasteiger partial charge on any atom is -0.303 e. The van der Waals surface area contributed by atoms with Crippen LogP contribution in [0.4, 0.5) is 13.2 Å². The van der Waals surface area contributed by atoms with Gasteiger partial charge in [-0.3, -0.25) is 0 Å². The number of benzene rings is 1. The van der Waals surface area contributed by atoms with Gasteiger partial charge in [0.15, 0.2) is 0 Å². The van der Waals surface area contributed by atoms with Crippen LogP contribution in [0.15, 0.2) is 29.8 Å². The fourth-order valence-electron chi connectivity index (χ4n) is 2.23. The molecule has 2 rings (SSSR count). The molecule has 0 bridgehead atoms. The lowest BCUT2D eigenvalue weighted by Gasteiger charge is -2.20. The van der Waals surface area contributed by atoms with E-state index in [1.807, 2.05) is 20.8 Å². The molecule has 0 aliphatic heterocycles. The molecule has 0 spiro atoms. The third-order valence-electron chi connectivity index (χ3n) is 3.41. The average Bonchev–Trinajstić information content (AvgIpc) is 2.84. The Morgan fingerprint density at radius 1 is 1.10 bits per heavy atom. The first kappa shape index (κ1) is 16.0. The molecule has 2 aromatic rings. The van der Waals surface area contributed by atoms with Crippen molar-refractivity contribution in [3.63, 3.8) is 0 Å². The second kappa shape index (κ2) is 6.15. The molecule has 0 fully saturated rings. The van der Waals surface area contributed by atoms with Crippen molar-refractivity contribution in [1.82, 2.24) is 10.3 Å². The minimum absolute atomic E-state index is 0.0382. The van der Waals surface area contributed by atoms with E-state index in [1.54, 1.807) is 16.8 Å². The molecule has 1 aromatic heterocycles. The highest BCUT2D eigenvalue weighted by molar-refractivity contribution is 7.09. The van der Waals surface area contributed by atoms with Crippen LogP contribution in [0.2, 0.25) is 0 Å². The number of rotatable bonds is 4. The smallest absolute Gasteiger partial charge is 0.303 e. The topological polar surface area (TPSA) is 24.9 Å². The molecule has 0 radical (unpaired) electrons. The maximum atomic E-state index is 12.5. The summed E-state index contributed by atoms with van der Waals surface area (Å²) >= 11 is 1.58. The summed E-state index contributed by atoms with van der Waals surface area (Å²) in [4.78, 5) is 5.36. The van der Waals surface area contributed by atoms with Gasteiger partial charge in [0, 0.05) is 17.0 Å². The van der Waals surface area contributed by atoms with Gasteiger partial charge in [-0.2, -0.15) is 13.2 Å². The molecule has 1 N–H and O–H groups in total. The van der Waals surface area contributed by atoms with Gasteiger partial charge < -0.3 is 5.32 Å². The summed E-state index contributed by atoms with van der Waals surface area (Å²) in [5, 5.41) is 3.39. The largest absolute Gasteiger partial charge is 0.416 e. The number of halogens is 3. The summed E-state index contributed by atoms with van der Waals surface area (Å²) in [5.41, 5.74) is 2.99. The molecule has 6 heteroatoms. The van der Waals surface area contributed by atoms with E-state index in [9.17, 15) is 13.2 Å². The molecule has 1 aromatic carbocycles. The fourth-order valence-corrected chi connectivity index (χ4v) is 3.05. The number of hydrogen-bond donors (Lipinski definition) is 1. The summed E-state index contributed by atoms with van der Waals surface area (Å²) < 4.78 is 37.6. The van der Waals surface area contributed by atoms with Crippen molar-refractivity contribution in [2.45, 2.75) is 39.0 Å². The number of nitrogens with one attached hydrogen (secondary N) is 1. The number of hydrogen-bond acceptors (Lipinski definition) is 3. The van der Waals surface area contributed by atoms with E-state index in [1.165, 1.54) is 12.1 Å². The number of nitrogens with zero attached hydrogens (tertiary/aromatic N) is 1. The SMILES string of the molecule is Cc1ncsc1C(C)NC(C)c1ccc(C(F)(F)F)cc1. The van der Waals surface area contributed by atoms with E-state index < -0.39 is 11.7 Å². The monoisotopic (exact) mass is 314 g/mol. The van der Waals surface area contributed by atoms with Crippen molar-refractivity contribution in [2.75, 3.05) is 0 Å². The predicted molar refractivity (Wildman–Crippen MR) is 78.3 cm³/mol. The van der Waals surface area contributed by atoms with E-state index in [0.29, 0.717) is 0 Å². The van der Waals surface area contributed by atoms with Crippen LogP contribution in [0.5, 0.6) is 0 Å². The first-order valence-electron chi connectivity index (χ1n) is 6.62. The zero-order chi connectivity index (χ0) is 15.6. The average molecular weight is 314 g/mol. The molecule has 21 heavy (non-hydrogen) atoms. The van der Waals surface area contributed by atoms with Gasteiger partial charge >= 0.3 is 6.18 Å². The molecule has 0 amide bonds. The second-order valence-corrected chi connectivity index (χ2v) is 5.92. The maximum Gasteiger partial charge on any atom is 0.416 e. The van der Waals surface area contributed by atoms with Gasteiger partial charge in [0.1, 0.15) is 0 Å². The first-order chi connectivity index (χ1) is 9.79. The van der Waals surface area contributed by atoms with Gasteiger partial charge in [0.25, 0.3) is 0 Å². The molecule has 2 nitrogen and oxygen atoms in total. The van der Waals surface area contributed by atoms with Gasteiger partial charge in [0.2, 0.25) is 0 Å². The zero-order valence-electron chi connectivity index (χ0n) is 12.0. The van der Waals surface area contributed by atoms with Crippen LogP contribution in [0, 0.1) is 6.92 Å². The van der Waals surface area contributed by atoms with Crippen molar-refractivity contribution >= 4 is 11.3 Å². The second-order valence-electron chi connectivity index (χ2n) is 5.03. The molecule has 1 heterocycles. The molecule has 2 atom stereocenters. The molecule has 0 aliphatic carbocycles. The lowest BCUT2D eigenvalue weighted by atomic mass is 10.0. The molecule has 2 unspecified atom stereocenters. The molecular formula is C15H17F3N2S. The Bertz CT molecular complexity index is 590. The van der Waals surface area contributed by atoms with Crippen LogP contribution in [0.3, 0.4) is 0 Å².